The van der Waals surface area contributed by atoms with Crippen molar-refractivity contribution in [2.75, 3.05) is 6.61 Å². The minimum Gasteiger partial charge on any atom is -0.490 e. The molecule has 0 unspecified atom stereocenters. The molecular weight excluding hydrogens is 412 g/mol. The van der Waals surface area contributed by atoms with Crippen LogP contribution in [0.4, 0.5) is 5.69 Å². The van der Waals surface area contributed by atoms with E-state index in [1.165, 1.54) is 29.5 Å². The molecule has 0 radical (unpaired) electrons. The van der Waals surface area contributed by atoms with E-state index in [1.54, 1.807) is 30.3 Å². The van der Waals surface area contributed by atoms with Gasteiger partial charge in [-0.25, -0.2) is 9.67 Å². The molecule has 0 aliphatic carbocycles. The molecule has 0 fully saturated rings. The summed E-state index contributed by atoms with van der Waals surface area (Å²) in [6, 6.07) is 9.62. The molecule has 32 heavy (non-hydrogen) atoms. The molecule has 0 saturated carbocycles. The Morgan fingerprint density at radius 1 is 1.34 bits per heavy atom. The number of aromatic nitrogens is 3. The van der Waals surface area contributed by atoms with Crippen LogP contribution in [0, 0.1) is 10.1 Å². The number of allylic oxidation sites excluding steroid dienone is 1. The molecule has 2 heterocycles. The van der Waals surface area contributed by atoms with Gasteiger partial charge < -0.3 is 9.47 Å². The fraction of sp³-hybridized carbons (Fsp3) is 0.261. The Labute approximate surface area is 184 Å². The lowest BCUT2D eigenvalue weighted by Crippen LogP contribution is -2.24. The van der Waals surface area contributed by atoms with Crippen molar-refractivity contribution in [2.24, 2.45) is 0 Å². The Kier molecular flexibility index (Phi) is 5.48. The Balaban J connectivity index is 1.84. The first-order chi connectivity index (χ1) is 15.3. The second kappa shape index (κ2) is 8.26. The Morgan fingerprint density at radius 3 is 2.81 bits per heavy atom. The Bertz CT molecular complexity index is 1220. The van der Waals surface area contributed by atoms with Crippen LogP contribution in [-0.4, -0.2) is 37.7 Å². The molecule has 0 bridgehead atoms. The normalized spacial score (nSPS) is 14.5. The topological polar surface area (TPSA) is 109 Å². The zero-order chi connectivity index (χ0) is 22.9. The molecule has 1 aliphatic heterocycles. The van der Waals surface area contributed by atoms with E-state index in [9.17, 15) is 14.9 Å². The molecule has 3 aromatic rings. The second-order valence-electron chi connectivity index (χ2n) is 7.95. The third-order valence-electron chi connectivity index (χ3n) is 5.01. The molecule has 0 spiro atoms. The number of ether oxygens (including phenoxy) is 2. The van der Waals surface area contributed by atoms with Gasteiger partial charge in [-0.3, -0.25) is 14.9 Å². The highest BCUT2D eigenvalue weighted by Gasteiger charge is 2.34. The predicted octanol–water partition coefficient (Wildman–Crippen LogP) is 4.18. The van der Waals surface area contributed by atoms with Crippen LogP contribution in [-0.2, 0) is 6.42 Å². The summed E-state index contributed by atoms with van der Waals surface area (Å²) in [5.74, 6) is 0.753. The molecule has 164 valence electrons. The standard InChI is InChI=1S/C23H22N4O5/c1-4-31-20-11-16(9-17-12-23(2,3)32-22(17)20)21(28)19(26-14-24-13-25-26)10-15-7-5-6-8-18(15)27(29)30/h5-11,13-14H,4,12H2,1-3H3. The third-order valence-corrected chi connectivity index (χ3v) is 5.01. The number of carbonyl (C=O) groups is 1. The number of nitro benzene ring substituents is 1. The summed E-state index contributed by atoms with van der Waals surface area (Å²) >= 11 is 0. The van der Waals surface area contributed by atoms with E-state index < -0.39 is 10.5 Å². The van der Waals surface area contributed by atoms with Gasteiger partial charge in [-0.05, 0) is 45.0 Å². The van der Waals surface area contributed by atoms with Crippen LogP contribution in [0.5, 0.6) is 11.5 Å². The molecule has 2 aromatic carbocycles. The van der Waals surface area contributed by atoms with Crippen LogP contribution in [0.25, 0.3) is 11.8 Å². The minimum atomic E-state index is -0.489. The van der Waals surface area contributed by atoms with Crippen LogP contribution in [0.15, 0.2) is 49.1 Å². The average Bonchev–Trinajstić information content (AvgIpc) is 3.38. The lowest BCUT2D eigenvalue weighted by molar-refractivity contribution is -0.385. The summed E-state index contributed by atoms with van der Waals surface area (Å²) in [6.07, 6.45) is 4.74. The van der Waals surface area contributed by atoms with Crippen molar-refractivity contribution >= 4 is 23.2 Å². The smallest absolute Gasteiger partial charge is 0.276 e. The van der Waals surface area contributed by atoms with Gasteiger partial charge in [0.25, 0.3) is 5.69 Å². The van der Waals surface area contributed by atoms with Gasteiger partial charge in [-0.15, -0.1) is 0 Å². The summed E-state index contributed by atoms with van der Waals surface area (Å²) in [5, 5.41) is 15.5. The summed E-state index contributed by atoms with van der Waals surface area (Å²) in [4.78, 5) is 28.5. The van der Waals surface area contributed by atoms with Crippen molar-refractivity contribution in [1.82, 2.24) is 14.8 Å². The third kappa shape index (κ3) is 4.09. The molecule has 0 saturated heterocycles. The highest BCUT2D eigenvalue weighted by Crippen LogP contribution is 2.43. The van der Waals surface area contributed by atoms with E-state index in [-0.39, 0.29) is 22.7 Å². The number of rotatable bonds is 7. The number of carbonyl (C=O) groups excluding carboxylic acids is 1. The summed E-state index contributed by atoms with van der Waals surface area (Å²) in [5.41, 5.74) is 1.12. The van der Waals surface area contributed by atoms with E-state index in [2.05, 4.69) is 10.1 Å². The zero-order valence-corrected chi connectivity index (χ0v) is 17.9. The molecule has 9 heteroatoms. The molecule has 0 atom stereocenters. The first-order valence-corrected chi connectivity index (χ1v) is 10.1. The molecule has 0 N–H and O–H groups in total. The van der Waals surface area contributed by atoms with E-state index >= 15 is 0 Å². The number of Topliss-reactive ketones (excluding diaryl/α,β-unsaturated/α-hetero) is 1. The number of fused-ring (bicyclic) bond motifs is 1. The minimum absolute atomic E-state index is 0.114. The van der Waals surface area contributed by atoms with Crippen molar-refractivity contribution in [3.8, 4) is 11.5 Å². The highest BCUT2D eigenvalue weighted by molar-refractivity contribution is 6.28. The van der Waals surface area contributed by atoms with Gasteiger partial charge in [0.1, 0.15) is 24.0 Å². The van der Waals surface area contributed by atoms with Crippen LogP contribution in [0.1, 0.15) is 42.3 Å². The number of benzene rings is 2. The monoisotopic (exact) mass is 434 g/mol. The summed E-state index contributed by atoms with van der Waals surface area (Å²) in [6.45, 7) is 6.21. The fourth-order valence-corrected chi connectivity index (χ4v) is 3.71. The van der Waals surface area contributed by atoms with E-state index in [1.807, 2.05) is 20.8 Å². The number of hydrogen-bond donors (Lipinski definition) is 0. The largest absolute Gasteiger partial charge is 0.490 e. The lowest BCUT2D eigenvalue weighted by atomic mass is 9.97. The van der Waals surface area contributed by atoms with Gasteiger partial charge in [-0.2, -0.15) is 5.10 Å². The number of ketones is 1. The van der Waals surface area contributed by atoms with Crippen LogP contribution in [0.2, 0.25) is 0 Å². The van der Waals surface area contributed by atoms with E-state index in [4.69, 9.17) is 9.47 Å². The molecule has 1 aromatic heterocycles. The fourth-order valence-electron chi connectivity index (χ4n) is 3.71. The van der Waals surface area contributed by atoms with Crippen molar-refractivity contribution in [3.63, 3.8) is 0 Å². The Hall–Kier alpha value is -4.01. The van der Waals surface area contributed by atoms with Crippen LogP contribution in [0.3, 0.4) is 0 Å². The van der Waals surface area contributed by atoms with Crippen molar-refractivity contribution in [2.45, 2.75) is 32.8 Å². The number of para-hydroxylation sites is 1. The van der Waals surface area contributed by atoms with E-state index in [0.717, 1.165) is 5.56 Å². The molecule has 9 nitrogen and oxygen atoms in total. The lowest BCUT2D eigenvalue weighted by Gasteiger charge is -2.18. The number of hydrogen-bond acceptors (Lipinski definition) is 7. The summed E-state index contributed by atoms with van der Waals surface area (Å²) in [7, 11) is 0. The first kappa shape index (κ1) is 21.2. The molecule has 0 amide bonds. The van der Waals surface area contributed by atoms with Gasteiger partial charge in [0.15, 0.2) is 11.5 Å². The highest BCUT2D eigenvalue weighted by atomic mass is 16.6. The van der Waals surface area contributed by atoms with Crippen molar-refractivity contribution in [3.05, 3.63) is 75.9 Å². The van der Waals surface area contributed by atoms with Crippen molar-refractivity contribution < 1.29 is 19.2 Å². The maximum Gasteiger partial charge on any atom is 0.276 e. The van der Waals surface area contributed by atoms with Crippen LogP contribution >= 0.6 is 0 Å². The quantitative estimate of drug-likeness (QED) is 0.237. The Morgan fingerprint density at radius 2 is 2.12 bits per heavy atom. The summed E-state index contributed by atoms with van der Waals surface area (Å²) < 4.78 is 13.1. The zero-order valence-electron chi connectivity index (χ0n) is 17.9. The second-order valence-corrected chi connectivity index (χ2v) is 7.95. The molecular formula is C23H22N4O5. The number of nitro groups is 1. The van der Waals surface area contributed by atoms with Gasteiger partial charge in [0, 0.05) is 23.6 Å². The van der Waals surface area contributed by atoms with Gasteiger partial charge in [-0.1, -0.05) is 12.1 Å². The van der Waals surface area contributed by atoms with Gasteiger partial charge >= 0.3 is 0 Å². The SMILES string of the molecule is CCOc1cc(C(=O)C(=Cc2ccccc2[N+](=O)[O-])n2cncn2)cc2c1OC(C)(C)C2. The molecule has 4 rings (SSSR count). The molecule has 1 aliphatic rings. The van der Waals surface area contributed by atoms with E-state index in [0.29, 0.717) is 30.1 Å². The first-order valence-electron chi connectivity index (χ1n) is 10.1. The maximum atomic E-state index is 13.6. The maximum absolute atomic E-state index is 13.6. The average molecular weight is 434 g/mol. The van der Waals surface area contributed by atoms with Gasteiger partial charge in [0.05, 0.1) is 17.1 Å². The van der Waals surface area contributed by atoms with Crippen molar-refractivity contribution in [1.29, 1.82) is 0 Å². The van der Waals surface area contributed by atoms with Crippen LogP contribution < -0.4 is 9.47 Å². The predicted molar refractivity (Wildman–Crippen MR) is 118 cm³/mol. The number of nitrogens with zero attached hydrogens (tertiary/aromatic N) is 4. The van der Waals surface area contributed by atoms with Gasteiger partial charge in [0.2, 0.25) is 5.78 Å².